The lowest BCUT2D eigenvalue weighted by molar-refractivity contribution is -0.145. The summed E-state index contributed by atoms with van der Waals surface area (Å²) in [4.78, 5) is 36.8. The van der Waals surface area contributed by atoms with Gasteiger partial charge in [0.15, 0.2) is 0 Å². The molecule has 1 saturated heterocycles. The summed E-state index contributed by atoms with van der Waals surface area (Å²) in [6, 6.07) is 14.6. The molecule has 7 heteroatoms. The number of para-hydroxylation sites is 1. The van der Waals surface area contributed by atoms with Crippen molar-refractivity contribution in [3.05, 3.63) is 65.5 Å². The number of aromatic nitrogens is 2. The maximum atomic E-state index is 13.0. The number of piperidine rings is 1. The molecule has 39 heavy (non-hydrogen) atoms. The van der Waals surface area contributed by atoms with Crippen molar-refractivity contribution >= 4 is 28.6 Å². The SMILES string of the molecule is COC(=O)C(C)CC(c1cnc2ccccc2c1)C1CCN(C(=O)CCCc2ccc3c(n2)NCCC3)CC1. The molecule has 0 aliphatic carbocycles. The number of methoxy groups -OCH3 is 1. The van der Waals surface area contributed by atoms with Crippen molar-refractivity contribution in [3.63, 3.8) is 0 Å². The summed E-state index contributed by atoms with van der Waals surface area (Å²) < 4.78 is 5.04. The molecule has 1 amide bonds. The van der Waals surface area contributed by atoms with Gasteiger partial charge in [-0.1, -0.05) is 31.2 Å². The molecule has 1 N–H and O–H groups in total. The van der Waals surface area contributed by atoms with Crippen molar-refractivity contribution in [1.29, 1.82) is 0 Å². The van der Waals surface area contributed by atoms with Gasteiger partial charge in [-0.3, -0.25) is 14.6 Å². The topological polar surface area (TPSA) is 84.4 Å². The zero-order valence-corrected chi connectivity index (χ0v) is 23.2. The third kappa shape index (κ3) is 6.57. The number of hydrogen-bond acceptors (Lipinski definition) is 6. The van der Waals surface area contributed by atoms with Crippen molar-refractivity contribution in [1.82, 2.24) is 14.9 Å². The number of amides is 1. The van der Waals surface area contributed by atoms with Crippen LogP contribution in [0.2, 0.25) is 0 Å². The van der Waals surface area contributed by atoms with Gasteiger partial charge in [-0.15, -0.1) is 0 Å². The Labute approximate surface area is 231 Å². The number of esters is 1. The van der Waals surface area contributed by atoms with Crippen molar-refractivity contribution in [2.24, 2.45) is 11.8 Å². The van der Waals surface area contributed by atoms with Gasteiger partial charge in [0.25, 0.3) is 0 Å². The molecule has 2 aliphatic rings. The average molecular weight is 529 g/mol. The predicted molar refractivity (Wildman–Crippen MR) is 154 cm³/mol. The monoisotopic (exact) mass is 528 g/mol. The third-order valence-corrected chi connectivity index (χ3v) is 8.49. The minimum atomic E-state index is -0.196. The smallest absolute Gasteiger partial charge is 0.308 e. The van der Waals surface area contributed by atoms with Gasteiger partial charge in [0.05, 0.1) is 18.5 Å². The molecule has 4 heterocycles. The van der Waals surface area contributed by atoms with Crippen molar-refractivity contribution in [3.8, 4) is 0 Å². The van der Waals surface area contributed by atoms with Crippen LogP contribution in [0.3, 0.4) is 0 Å². The minimum absolute atomic E-state index is 0.175. The first kappa shape index (κ1) is 27.1. The fourth-order valence-electron chi connectivity index (χ4n) is 6.21. The fraction of sp³-hybridized carbons (Fsp3) is 0.500. The summed E-state index contributed by atoms with van der Waals surface area (Å²) in [5, 5.41) is 4.51. The second-order valence-electron chi connectivity index (χ2n) is 11.1. The van der Waals surface area contributed by atoms with Gasteiger partial charge in [-0.2, -0.15) is 0 Å². The largest absolute Gasteiger partial charge is 0.469 e. The van der Waals surface area contributed by atoms with Crippen LogP contribution in [0.15, 0.2) is 48.7 Å². The van der Waals surface area contributed by atoms with Gasteiger partial charge >= 0.3 is 5.97 Å². The number of carbonyl (C=O) groups excluding carboxylic acids is 2. The lowest BCUT2D eigenvalue weighted by Crippen LogP contribution is -2.40. The van der Waals surface area contributed by atoms with E-state index in [0.29, 0.717) is 18.8 Å². The molecule has 1 fully saturated rings. The highest BCUT2D eigenvalue weighted by Crippen LogP contribution is 2.38. The second-order valence-corrected chi connectivity index (χ2v) is 11.1. The van der Waals surface area contributed by atoms with Crippen LogP contribution in [0.1, 0.15) is 68.2 Å². The summed E-state index contributed by atoms with van der Waals surface area (Å²) >= 11 is 0. The summed E-state index contributed by atoms with van der Waals surface area (Å²) in [6.45, 7) is 4.44. The van der Waals surface area contributed by atoms with E-state index in [1.54, 1.807) is 0 Å². The Kier molecular flexibility index (Phi) is 8.74. The highest BCUT2D eigenvalue weighted by atomic mass is 16.5. The maximum Gasteiger partial charge on any atom is 0.308 e. The zero-order chi connectivity index (χ0) is 27.2. The van der Waals surface area contributed by atoms with Crippen LogP contribution in [0, 0.1) is 11.8 Å². The van der Waals surface area contributed by atoms with Crippen LogP contribution in [0.4, 0.5) is 5.82 Å². The van der Waals surface area contributed by atoms with Crippen LogP contribution in [0.25, 0.3) is 10.9 Å². The molecule has 5 rings (SSSR count). The van der Waals surface area contributed by atoms with E-state index in [-0.39, 0.29) is 23.7 Å². The zero-order valence-electron chi connectivity index (χ0n) is 23.2. The number of ether oxygens (including phenoxy) is 1. The molecule has 0 radical (unpaired) electrons. The van der Waals surface area contributed by atoms with E-state index < -0.39 is 0 Å². The molecular formula is C32H40N4O3. The van der Waals surface area contributed by atoms with Crippen LogP contribution in [-0.2, 0) is 27.2 Å². The molecule has 3 aromatic rings. The van der Waals surface area contributed by atoms with E-state index in [1.165, 1.54) is 18.2 Å². The Morgan fingerprint density at radius 1 is 1.15 bits per heavy atom. The number of nitrogens with one attached hydrogen (secondary N) is 1. The van der Waals surface area contributed by atoms with Crippen LogP contribution < -0.4 is 5.32 Å². The van der Waals surface area contributed by atoms with Crippen LogP contribution >= 0.6 is 0 Å². The number of carbonyl (C=O) groups is 2. The lowest BCUT2D eigenvalue weighted by Gasteiger charge is -2.37. The van der Waals surface area contributed by atoms with Gasteiger partial charge in [-0.05, 0) is 86.1 Å². The first-order valence-electron chi connectivity index (χ1n) is 14.4. The third-order valence-electron chi connectivity index (χ3n) is 8.49. The molecule has 0 spiro atoms. The Morgan fingerprint density at radius 3 is 2.79 bits per heavy atom. The van der Waals surface area contributed by atoms with Gasteiger partial charge in [0.2, 0.25) is 5.91 Å². The van der Waals surface area contributed by atoms with Crippen LogP contribution in [0.5, 0.6) is 0 Å². The van der Waals surface area contributed by atoms with Crippen LogP contribution in [-0.4, -0.2) is 53.5 Å². The normalized spacial score (nSPS) is 17.2. The number of anilines is 1. The van der Waals surface area contributed by atoms with E-state index in [1.807, 2.05) is 36.2 Å². The second kappa shape index (κ2) is 12.6. The summed E-state index contributed by atoms with van der Waals surface area (Å²) in [7, 11) is 1.45. The standard InChI is InChI=1S/C32H40N4O3/c1-22(32(38)39-2)19-28(26-20-25-7-3-4-10-29(25)34-21-26)23-14-17-36(18-15-23)30(37)11-5-9-27-13-12-24-8-6-16-33-31(24)35-27/h3-4,7,10,12-13,20-23,28H,5-6,8-9,11,14-19H2,1-2H3,(H,33,35). The summed E-state index contributed by atoms with van der Waals surface area (Å²) in [5.41, 5.74) is 4.49. The van der Waals surface area contributed by atoms with Crippen molar-refractivity contribution < 1.29 is 14.3 Å². The fourth-order valence-corrected chi connectivity index (χ4v) is 6.21. The number of hydrogen-bond donors (Lipinski definition) is 1. The molecule has 7 nitrogen and oxygen atoms in total. The lowest BCUT2D eigenvalue weighted by atomic mass is 9.76. The van der Waals surface area contributed by atoms with Gasteiger partial charge < -0.3 is 15.0 Å². The minimum Gasteiger partial charge on any atom is -0.469 e. The van der Waals surface area contributed by atoms with Gasteiger partial charge in [-0.25, -0.2) is 4.98 Å². The molecule has 2 atom stereocenters. The maximum absolute atomic E-state index is 13.0. The van der Waals surface area contributed by atoms with E-state index >= 15 is 0 Å². The van der Waals surface area contributed by atoms with E-state index in [4.69, 9.17) is 14.7 Å². The number of nitrogens with zero attached hydrogens (tertiary/aromatic N) is 3. The highest BCUT2D eigenvalue weighted by Gasteiger charge is 2.32. The predicted octanol–water partition coefficient (Wildman–Crippen LogP) is 5.53. The number of fused-ring (bicyclic) bond motifs is 2. The molecule has 2 aromatic heterocycles. The molecular weight excluding hydrogens is 488 g/mol. The first-order valence-corrected chi connectivity index (χ1v) is 14.4. The Bertz CT molecular complexity index is 1300. The van der Waals surface area contributed by atoms with Gasteiger partial charge in [0, 0.05) is 43.3 Å². The number of pyridine rings is 2. The van der Waals surface area contributed by atoms with E-state index in [9.17, 15) is 9.59 Å². The van der Waals surface area contributed by atoms with Crippen molar-refractivity contribution in [2.75, 3.05) is 32.1 Å². The van der Waals surface area contributed by atoms with E-state index in [2.05, 4.69) is 29.6 Å². The average Bonchev–Trinajstić information content (AvgIpc) is 2.99. The summed E-state index contributed by atoms with van der Waals surface area (Å²) in [5.74, 6) is 1.46. The Morgan fingerprint density at radius 2 is 1.97 bits per heavy atom. The Balaban J connectivity index is 1.18. The number of benzene rings is 1. The van der Waals surface area contributed by atoms with E-state index in [0.717, 1.165) is 80.6 Å². The molecule has 2 unspecified atom stereocenters. The number of rotatable bonds is 9. The van der Waals surface area contributed by atoms with Gasteiger partial charge in [0.1, 0.15) is 5.82 Å². The molecule has 0 bridgehead atoms. The van der Waals surface area contributed by atoms with Crippen molar-refractivity contribution in [2.45, 2.75) is 64.2 Å². The molecule has 0 saturated carbocycles. The number of aryl methyl sites for hydroxylation is 2. The first-order chi connectivity index (χ1) is 19.0. The number of likely N-dealkylation sites (tertiary alicyclic amines) is 1. The quantitative estimate of drug-likeness (QED) is 0.368. The summed E-state index contributed by atoms with van der Waals surface area (Å²) in [6.07, 6.45) is 8.96. The molecule has 206 valence electrons. The molecule has 1 aromatic carbocycles. The Hall–Kier alpha value is -3.48. The molecule has 2 aliphatic heterocycles. The highest BCUT2D eigenvalue weighted by molar-refractivity contribution is 5.79.